The fourth-order valence-corrected chi connectivity index (χ4v) is 4.28. The molecule has 4 rings (SSSR count). The summed E-state index contributed by atoms with van der Waals surface area (Å²) in [4.78, 5) is 38.8. The summed E-state index contributed by atoms with van der Waals surface area (Å²) >= 11 is 5.69. The highest BCUT2D eigenvalue weighted by Gasteiger charge is 2.59. The number of fused-ring (bicyclic) bond motifs is 5. The van der Waals surface area contributed by atoms with E-state index in [4.69, 9.17) is 16.3 Å². The molecule has 2 amide bonds. The first-order chi connectivity index (χ1) is 12.5. The van der Waals surface area contributed by atoms with Crippen molar-refractivity contribution in [2.24, 2.45) is 23.7 Å². The van der Waals surface area contributed by atoms with E-state index in [1.54, 1.807) is 37.3 Å². The number of anilines is 1. The molecule has 1 aliphatic heterocycles. The van der Waals surface area contributed by atoms with Gasteiger partial charge in [0.05, 0.1) is 23.1 Å². The first kappa shape index (κ1) is 17.0. The molecule has 1 saturated heterocycles. The second-order valence-corrected chi connectivity index (χ2v) is 7.54. The minimum atomic E-state index is -0.482. The standard InChI is InChI=1S/C20H18ClNO4/c1-11(21)8-9-26-20(25)12-4-6-15(7-5-12)22-18(23)16-13-2-3-14(10-13)17(16)19(22)24/h2-8,13-14,16-17H,9-10H2,1H3/b11-8+/t13-,14-,16-,17+/m0/s1. The lowest BCUT2D eigenvalue weighted by molar-refractivity contribution is -0.123. The molecule has 1 aromatic rings. The lowest BCUT2D eigenvalue weighted by Gasteiger charge is -2.17. The van der Waals surface area contributed by atoms with Crippen molar-refractivity contribution in [3.8, 4) is 0 Å². The average Bonchev–Trinajstić information content (AvgIpc) is 3.29. The highest BCUT2D eigenvalue weighted by molar-refractivity contribution is 6.29. The number of ether oxygens (including phenoxy) is 1. The molecule has 6 heteroatoms. The fraction of sp³-hybridized carbons (Fsp3) is 0.350. The van der Waals surface area contributed by atoms with Gasteiger partial charge in [-0.25, -0.2) is 4.79 Å². The summed E-state index contributed by atoms with van der Waals surface area (Å²) in [6, 6.07) is 6.36. The summed E-state index contributed by atoms with van der Waals surface area (Å²) < 4.78 is 5.09. The van der Waals surface area contributed by atoms with Crippen LogP contribution in [0.5, 0.6) is 0 Å². The highest BCUT2D eigenvalue weighted by Crippen LogP contribution is 2.53. The first-order valence-electron chi connectivity index (χ1n) is 8.63. The van der Waals surface area contributed by atoms with Gasteiger partial charge in [-0.05, 0) is 55.5 Å². The smallest absolute Gasteiger partial charge is 0.338 e. The Kier molecular flexibility index (Phi) is 4.19. The van der Waals surface area contributed by atoms with Gasteiger partial charge in [0.25, 0.3) is 0 Å². The predicted molar refractivity (Wildman–Crippen MR) is 96.5 cm³/mol. The van der Waals surface area contributed by atoms with Gasteiger partial charge in [-0.2, -0.15) is 0 Å². The van der Waals surface area contributed by atoms with Gasteiger partial charge in [-0.1, -0.05) is 23.8 Å². The van der Waals surface area contributed by atoms with E-state index < -0.39 is 5.97 Å². The lowest BCUT2D eigenvalue weighted by Crippen LogP contribution is -2.32. The summed E-state index contributed by atoms with van der Waals surface area (Å²) in [6.45, 7) is 1.80. The second-order valence-electron chi connectivity index (χ2n) is 6.95. The largest absolute Gasteiger partial charge is 0.458 e. The van der Waals surface area contributed by atoms with E-state index in [-0.39, 0.29) is 42.1 Å². The average molecular weight is 372 g/mol. The molecule has 0 spiro atoms. The molecule has 1 heterocycles. The molecule has 26 heavy (non-hydrogen) atoms. The van der Waals surface area contributed by atoms with Crippen LogP contribution in [0.3, 0.4) is 0 Å². The van der Waals surface area contributed by atoms with Gasteiger partial charge in [0.15, 0.2) is 0 Å². The molecule has 0 aromatic heterocycles. The molecule has 0 N–H and O–H groups in total. The summed E-state index contributed by atoms with van der Waals surface area (Å²) in [6.07, 6.45) is 6.63. The number of halogens is 1. The molecular weight excluding hydrogens is 354 g/mol. The molecule has 2 bridgehead atoms. The Bertz CT molecular complexity index is 808. The third-order valence-electron chi connectivity index (χ3n) is 5.41. The normalized spacial score (nSPS) is 29.5. The molecule has 1 aromatic carbocycles. The number of hydrogen-bond acceptors (Lipinski definition) is 4. The van der Waals surface area contributed by atoms with Crippen molar-refractivity contribution in [1.29, 1.82) is 0 Å². The Hall–Kier alpha value is -2.40. The molecule has 4 atom stereocenters. The molecule has 0 unspecified atom stereocenters. The van der Waals surface area contributed by atoms with E-state index in [0.717, 1.165) is 6.42 Å². The van der Waals surface area contributed by atoms with Gasteiger partial charge >= 0.3 is 5.97 Å². The number of carbonyl (C=O) groups excluding carboxylic acids is 3. The first-order valence-corrected chi connectivity index (χ1v) is 9.01. The zero-order chi connectivity index (χ0) is 18.4. The minimum Gasteiger partial charge on any atom is -0.458 e. The number of benzene rings is 1. The summed E-state index contributed by atoms with van der Waals surface area (Å²) in [5.41, 5.74) is 0.859. The molecule has 2 fully saturated rings. The third kappa shape index (κ3) is 2.67. The third-order valence-corrected chi connectivity index (χ3v) is 5.56. The van der Waals surface area contributed by atoms with Crippen molar-refractivity contribution in [1.82, 2.24) is 0 Å². The van der Waals surface area contributed by atoms with Crippen molar-refractivity contribution in [3.05, 3.63) is 53.1 Å². The number of amides is 2. The van der Waals surface area contributed by atoms with Gasteiger partial charge < -0.3 is 4.74 Å². The van der Waals surface area contributed by atoms with Gasteiger partial charge in [-0.3, -0.25) is 14.5 Å². The lowest BCUT2D eigenvalue weighted by atomic mass is 9.85. The van der Waals surface area contributed by atoms with Crippen LogP contribution >= 0.6 is 11.6 Å². The molecule has 2 aliphatic carbocycles. The van der Waals surface area contributed by atoms with Crippen LogP contribution in [0.2, 0.25) is 0 Å². The van der Waals surface area contributed by atoms with E-state index in [1.807, 2.05) is 0 Å². The Morgan fingerprint density at radius 3 is 2.27 bits per heavy atom. The molecule has 0 radical (unpaired) electrons. The summed E-state index contributed by atoms with van der Waals surface area (Å²) in [5, 5.41) is 0.549. The number of rotatable bonds is 4. The van der Waals surface area contributed by atoms with Gasteiger partial charge in [0, 0.05) is 5.03 Å². The van der Waals surface area contributed by atoms with E-state index in [1.165, 1.54) is 4.90 Å². The number of esters is 1. The zero-order valence-electron chi connectivity index (χ0n) is 14.2. The van der Waals surface area contributed by atoms with E-state index in [0.29, 0.717) is 16.3 Å². The van der Waals surface area contributed by atoms with Gasteiger partial charge in [-0.15, -0.1) is 0 Å². The predicted octanol–water partition coefficient (Wildman–Crippen LogP) is 3.30. The number of imide groups is 1. The molecule has 3 aliphatic rings. The maximum atomic E-state index is 12.8. The second kappa shape index (κ2) is 6.40. The van der Waals surface area contributed by atoms with Crippen molar-refractivity contribution in [3.63, 3.8) is 0 Å². The summed E-state index contributed by atoms with van der Waals surface area (Å²) in [5.74, 6) is -0.840. The number of nitrogens with zero attached hydrogens (tertiary/aromatic N) is 1. The topological polar surface area (TPSA) is 63.7 Å². The quantitative estimate of drug-likeness (QED) is 0.463. The SMILES string of the molecule is C/C(Cl)=C\COC(=O)c1ccc(N2C(=O)[C@@H]3[C@H](C2=O)[C@H]2C=C[C@H]3C2)cc1. The maximum Gasteiger partial charge on any atom is 0.338 e. The van der Waals surface area contributed by atoms with Crippen LogP contribution in [-0.2, 0) is 14.3 Å². The van der Waals surface area contributed by atoms with Gasteiger partial charge in [0.1, 0.15) is 6.61 Å². The Morgan fingerprint density at radius 2 is 1.73 bits per heavy atom. The molecule has 1 saturated carbocycles. The van der Waals surface area contributed by atoms with Crippen LogP contribution in [0.25, 0.3) is 0 Å². The number of carbonyl (C=O) groups is 3. The van der Waals surface area contributed by atoms with Crippen LogP contribution < -0.4 is 4.90 Å². The highest BCUT2D eigenvalue weighted by atomic mass is 35.5. The molecule has 134 valence electrons. The van der Waals surface area contributed by atoms with Crippen LogP contribution in [0.4, 0.5) is 5.69 Å². The van der Waals surface area contributed by atoms with E-state index in [2.05, 4.69) is 12.2 Å². The van der Waals surface area contributed by atoms with E-state index >= 15 is 0 Å². The van der Waals surface area contributed by atoms with Crippen molar-refractivity contribution < 1.29 is 19.1 Å². The van der Waals surface area contributed by atoms with Crippen LogP contribution in [0.15, 0.2) is 47.5 Å². The monoisotopic (exact) mass is 371 g/mol. The van der Waals surface area contributed by atoms with Gasteiger partial charge in [0.2, 0.25) is 11.8 Å². The zero-order valence-corrected chi connectivity index (χ0v) is 15.0. The number of allylic oxidation sites excluding steroid dienone is 3. The van der Waals surface area contributed by atoms with Crippen LogP contribution in [-0.4, -0.2) is 24.4 Å². The van der Waals surface area contributed by atoms with Crippen molar-refractivity contribution in [2.45, 2.75) is 13.3 Å². The Balaban J connectivity index is 1.49. The van der Waals surface area contributed by atoms with Crippen molar-refractivity contribution >= 4 is 35.1 Å². The Morgan fingerprint density at radius 1 is 1.15 bits per heavy atom. The minimum absolute atomic E-state index is 0.0954. The van der Waals surface area contributed by atoms with Crippen molar-refractivity contribution in [2.75, 3.05) is 11.5 Å². The van der Waals surface area contributed by atoms with E-state index in [9.17, 15) is 14.4 Å². The van der Waals surface area contributed by atoms with Crippen LogP contribution in [0, 0.1) is 23.7 Å². The fourth-order valence-electron chi connectivity index (χ4n) is 4.22. The van der Waals surface area contributed by atoms with Crippen LogP contribution in [0.1, 0.15) is 23.7 Å². The maximum absolute atomic E-state index is 12.8. The Labute approximate surface area is 156 Å². The molecular formula is C20H18ClNO4. The number of hydrogen-bond donors (Lipinski definition) is 0. The molecule has 5 nitrogen and oxygen atoms in total. The summed E-state index contributed by atoms with van der Waals surface area (Å²) in [7, 11) is 0.